The second-order valence-corrected chi connectivity index (χ2v) is 3.85. The van der Waals surface area contributed by atoms with Gasteiger partial charge in [-0.3, -0.25) is 4.68 Å². The van der Waals surface area contributed by atoms with Crippen LogP contribution in [0.3, 0.4) is 0 Å². The van der Waals surface area contributed by atoms with Gasteiger partial charge in [0.2, 0.25) is 0 Å². The zero-order chi connectivity index (χ0) is 11.5. The highest BCUT2D eigenvalue weighted by Gasteiger charge is 2.11. The Hall–Kier alpha value is -1.89. The molecule has 6 nitrogen and oxygen atoms in total. The number of thiazole rings is 1. The Morgan fingerprint density at radius 1 is 1.62 bits per heavy atom. The smallest absolute Gasteiger partial charge is 0.357 e. The molecule has 0 amide bonds. The molecule has 0 fully saturated rings. The fourth-order valence-electron chi connectivity index (χ4n) is 1.14. The van der Waals surface area contributed by atoms with E-state index < -0.39 is 5.97 Å². The van der Waals surface area contributed by atoms with Gasteiger partial charge in [0.15, 0.2) is 10.8 Å². The Morgan fingerprint density at radius 3 is 3.06 bits per heavy atom. The van der Waals surface area contributed by atoms with Crippen molar-refractivity contribution >= 4 is 28.3 Å². The van der Waals surface area contributed by atoms with E-state index in [1.165, 1.54) is 18.4 Å². The van der Waals surface area contributed by atoms with Crippen molar-refractivity contribution in [3.8, 4) is 0 Å². The van der Waals surface area contributed by atoms with Crippen molar-refractivity contribution in [2.24, 2.45) is 7.05 Å². The van der Waals surface area contributed by atoms with E-state index in [1.807, 2.05) is 13.1 Å². The van der Waals surface area contributed by atoms with Crippen LogP contribution in [0.1, 0.15) is 10.5 Å². The van der Waals surface area contributed by atoms with Crippen molar-refractivity contribution < 1.29 is 9.53 Å². The van der Waals surface area contributed by atoms with Crippen LogP contribution >= 0.6 is 11.3 Å². The van der Waals surface area contributed by atoms with Crippen LogP contribution in [0.25, 0.3) is 0 Å². The predicted octanol–water partition coefficient (Wildman–Crippen LogP) is 1.41. The lowest BCUT2D eigenvalue weighted by Crippen LogP contribution is -2.02. The summed E-state index contributed by atoms with van der Waals surface area (Å²) in [7, 11) is 3.15. The van der Waals surface area contributed by atoms with Crippen molar-refractivity contribution in [1.82, 2.24) is 14.8 Å². The van der Waals surface area contributed by atoms with Crippen molar-refractivity contribution in [3.05, 3.63) is 23.3 Å². The quantitative estimate of drug-likeness (QED) is 0.819. The molecule has 7 heteroatoms. The highest BCUT2D eigenvalue weighted by atomic mass is 32.1. The van der Waals surface area contributed by atoms with E-state index in [9.17, 15) is 4.79 Å². The largest absolute Gasteiger partial charge is 0.464 e. The highest BCUT2D eigenvalue weighted by Crippen LogP contribution is 2.20. The molecule has 0 radical (unpaired) electrons. The van der Waals surface area contributed by atoms with Gasteiger partial charge in [0.25, 0.3) is 0 Å². The van der Waals surface area contributed by atoms with Gasteiger partial charge in [-0.05, 0) is 0 Å². The van der Waals surface area contributed by atoms with Gasteiger partial charge in [0.05, 0.1) is 13.3 Å². The number of aromatic nitrogens is 3. The molecule has 1 N–H and O–H groups in total. The number of carbonyl (C=O) groups is 1. The number of aryl methyl sites for hydroxylation is 1. The summed E-state index contributed by atoms with van der Waals surface area (Å²) in [6.45, 7) is 0. The fraction of sp³-hybridized carbons (Fsp3) is 0.222. The molecule has 0 aromatic carbocycles. The third kappa shape index (κ3) is 2.03. The Balaban J connectivity index is 2.14. The maximum atomic E-state index is 11.2. The number of nitrogens with one attached hydrogen (secondary N) is 1. The number of hydrogen-bond donors (Lipinski definition) is 1. The Labute approximate surface area is 95.9 Å². The van der Waals surface area contributed by atoms with E-state index in [4.69, 9.17) is 0 Å². The molecule has 0 bridgehead atoms. The van der Waals surface area contributed by atoms with E-state index in [1.54, 1.807) is 16.3 Å². The van der Waals surface area contributed by atoms with E-state index in [-0.39, 0.29) is 0 Å². The van der Waals surface area contributed by atoms with Gasteiger partial charge >= 0.3 is 5.97 Å². The molecule has 0 unspecified atom stereocenters. The van der Waals surface area contributed by atoms with Crippen LogP contribution in [0, 0.1) is 0 Å². The number of nitrogens with zero attached hydrogens (tertiary/aromatic N) is 3. The lowest BCUT2D eigenvalue weighted by molar-refractivity contribution is 0.0595. The summed E-state index contributed by atoms with van der Waals surface area (Å²) in [4.78, 5) is 15.3. The van der Waals surface area contributed by atoms with Crippen molar-refractivity contribution in [3.63, 3.8) is 0 Å². The number of rotatable bonds is 3. The highest BCUT2D eigenvalue weighted by molar-refractivity contribution is 7.14. The summed E-state index contributed by atoms with van der Waals surface area (Å²) in [6, 6.07) is 1.82. The number of carbonyl (C=O) groups excluding carboxylic acids is 1. The van der Waals surface area contributed by atoms with Gasteiger partial charge < -0.3 is 10.1 Å². The third-order valence-electron chi connectivity index (χ3n) is 1.95. The van der Waals surface area contributed by atoms with Crippen LogP contribution in [0.5, 0.6) is 0 Å². The van der Waals surface area contributed by atoms with Crippen molar-refractivity contribution in [2.45, 2.75) is 0 Å². The molecule has 0 saturated heterocycles. The molecule has 2 aromatic rings. The van der Waals surface area contributed by atoms with E-state index in [0.29, 0.717) is 10.8 Å². The molecule has 2 aromatic heterocycles. The van der Waals surface area contributed by atoms with Gasteiger partial charge in [-0.15, -0.1) is 11.3 Å². The summed E-state index contributed by atoms with van der Waals surface area (Å²) < 4.78 is 6.25. The van der Waals surface area contributed by atoms with Crippen LogP contribution in [0.2, 0.25) is 0 Å². The summed E-state index contributed by atoms with van der Waals surface area (Å²) >= 11 is 1.34. The monoisotopic (exact) mass is 238 g/mol. The third-order valence-corrected chi connectivity index (χ3v) is 2.71. The minimum absolute atomic E-state index is 0.303. The average Bonchev–Trinajstić information content (AvgIpc) is 2.89. The molecular formula is C9H10N4O2S. The molecule has 84 valence electrons. The van der Waals surface area contributed by atoms with Crippen LogP contribution in [0.4, 0.5) is 10.9 Å². The first-order valence-electron chi connectivity index (χ1n) is 4.49. The van der Waals surface area contributed by atoms with Gasteiger partial charge in [-0.1, -0.05) is 0 Å². The number of ether oxygens (including phenoxy) is 1. The first-order chi connectivity index (χ1) is 7.70. The summed E-state index contributed by atoms with van der Waals surface area (Å²) in [5, 5.41) is 9.33. The predicted molar refractivity (Wildman–Crippen MR) is 59.9 cm³/mol. The van der Waals surface area contributed by atoms with Crippen molar-refractivity contribution in [2.75, 3.05) is 12.4 Å². The molecule has 0 aliphatic rings. The van der Waals surface area contributed by atoms with E-state index in [2.05, 4.69) is 20.1 Å². The van der Waals surface area contributed by atoms with Gasteiger partial charge in [0.1, 0.15) is 5.82 Å². The average molecular weight is 238 g/mol. The minimum Gasteiger partial charge on any atom is -0.464 e. The molecule has 0 aliphatic carbocycles. The van der Waals surface area contributed by atoms with E-state index >= 15 is 0 Å². The van der Waals surface area contributed by atoms with Crippen LogP contribution in [-0.2, 0) is 11.8 Å². The number of esters is 1. The Kier molecular flexibility index (Phi) is 2.86. The standard InChI is InChI=1S/C9H10N4O2S/c1-13-7(3-4-10-13)12-9-11-6(5-16-9)8(14)15-2/h3-5H,1-2H3,(H,11,12). The van der Waals surface area contributed by atoms with E-state index in [0.717, 1.165) is 5.82 Å². The minimum atomic E-state index is -0.436. The lowest BCUT2D eigenvalue weighted by atomic mass is 10.5. The van der Waals surface area contributed by atoms with Crippen LogP contribution in [-0.4, -0.2) is 27.8 Å². The van der Waals surface area contributed by atoms with Gasteiger partial charge in [-0.2, -0.15) is 5.10 Å². The summed E-state index contributed by atoms with van der Waals surface area (Å²) in [5.41, 5.74) is 0.303. The zero-order valence-corrected chi connectivity index (χ0v) is 9.61. The fourth-order valence-corrected chi connectivity index (χ4v) is 1.82. The first kappa shape index (κ1) is 10.6. The lowest BCUT2D eigenvalue weighted by Gasteiger charge is -2.01. The Bertz CT molecular complexity index is 505. The topological polar surface area (TPSA) is 69.0 Å². The molecule has 0 atom stereocenters. The molecule has 2 rings (SSSR count). The molecule has 0 spiro atoms. The van der Waals surface area contributed by atoms with Crippen LogP contribution < -0.4 is 5.32 Å². The second kappa shape index (κ2) is 4.31. The normalized spacial score (nSPS) is 10.1. The maximum absolute atomic E-state index is 11.2. The first-order valence-corrected chi connectivity index (χ1v) is 5.37. The van der Waals surface area contributed by atoms with Gasteiger partial charge in [-0.25, -0.2) is 9.78 Å². The summed E-state index contributed by atoms with van der Waals surface area (Å²) in [5.74, 6) is 0.375. The molecule has 0 aliphatic heterocycles. The van der Waals surface area contributed by atoms with Crippen molar-refractivity contribution in [1.29, 1.82) is 0 Å². The summed E-state index contributed by atoms with van der Waals surface area (Å²) in [6.07, 6.45) is 1.68. The Morgan fingerprint density at radius 2 is 2.44 bits per heavy atom. The molecule has 0 saturated carbocycles. The molecule has 16 heavy (non-hydrogen) atoms. The maximum Gasteiger partial charge on any atom is 0.357 e. The SMILES string of the molecule is COC(=O)c1csc(Nc2ccnn2C)n1. The number of methoxy groups -OCH3 is 1. The number of hydrogen-bond acceptors (Lipinski definition) is 6. The number of anilines is 2. The van der Waals surface area contributed by atoms with Gasteiger partial charge in [0, 0.05) is 18.5 Å². The van der Waals surface area contributed by atoms with Crippen LogP contribution in [0.15, 0.2) is 17.6 Å². The molecule has 2 heterocycles. The zero-order valence-electron chi connectivity index (χ0n) is 8.80. The molecular weight excluding hydrogens is 228 g/mol. The second-order valence-electron chi connectivity index (χ2n) is 2.99.